The highest BCUT2D eigenvalue weighted by molar-refractivity contribution is 6.29. The highest BCUT2D eigenvalue weighted by Gasteiger charge is 2.18. The molecule has 0 saturated carbocycles. The number of rotatable bonds is 9. The molecule has 0 radical (unpaired) electrons. The van der Waals surface area contributed by atoms with Gasteiger partial charge in [0.2, 0.25) is 0 Å². The summed E-state index contributed by atoms with van der Waals surface area (Å²) in [7, 11) is 0. The third-order valence-electron chi connectivity index (χ3n) is 4.84. The Morgan fingerprint density at radius 2 is 1.00 bits per heavy atom. The molecule has 35 heavy (non-hydrogen) atoms. The summed E-state index contributed by atoms with van der Waals surface area (Å²) in [6.45, 7) is 0. The molecule has 0 spiro atoms. The minimum atomic E-state index is -0.701. The molecule has 0 amide bonds. The molecule has 5 N–H and O–H groups in total. The van der Waals surface area contributed by atoms with E-state index in [0.29, 0.717) is 22.4 Å². The van der Waals surface area contributed by atoms with Crippen molar-refractivity contribution in [2.75, 3.05) is 0 Å². The van der Waals surface area contributed by atoms with Crippen molar-refractivity contribution >= 4 is 29.8 Å². The van der Waals surface area contributed by atoms with Crippen molar-refractivity contribution in [3.8, 4) is 17.2 Å². The molecule has 0 atom stereocenters. The second-order valence-corrected chi connectivity index (χ2v) is 7.36. The maximum Gasteiger partial charge on any atom is 0.193 e. The number of benzene rings is 3. The molecule has 7 heteroatoms. The van der Waals surface area contributed by atoms with Gasteiger partial charge in [-0.15, -0.1) is 0 Å². The molecule has 176 valence electrons. The zero-order valence-corrected chi connectivity index (χ0v) is 18.5. The van der Waals surface area contributed by atoms with E-state index >= 15 is 0 Å². The number of allylic oxidation sites excluding steroid dienone is 4. The lowest BCUT2D eigenvalue weighted by Gasteiger charge is -2.03. The van der Waals surface area contributed by atoms with E-state index in [9.17, 15) is 24.9 Å². The summed E-state index contributed by atoms with van der Waals surface area (Å²) in [5.41, 5.74) is 1.50. The third kappa shape index (κ3) is 7.31. The van der Waals surface area contributed by atoms with E-state index in [2.05, 4.69) is 4.84 Å². The Morgan fingerprint density at radius 3 is 1.40 bits per heavy atom. The standard InChI is InChI=1S/C28H23NO6/c29-35-24-14-5-21(6-15-24)9-18-27(34)28(25(32)16-7-19-1-10-22(30)11-2-19)26(33)17-8-20-3-12-23(31)13-4-20/h1-18,30-31,34H,29H2/b16-7+,17-8+,18-9+. The first-order valence-corrected chi connectivity index (χ1v) is 10.5. The average molecular weight is 469 g/mol. The van der Waals surface area contributed by atoms with Gasteiger partial charge in [0.1, 0.15) is 28.6 Å². The number of phenols is 2. The van der Waals surface area contributed by atoms with Crippen LogP contribution in [0.3, 0.4) is 0 Å². The Bertz CT molecular complexity index is 1230. The van der Waals surface area contributed by atoms with Gasteiger partial charge in [-0.05, 0) is 71.3 Å². The van der Waals surface area contributed by atoms with Gasteiger partial charge in [-0.25, -0.2) is 0 Å². The molecule has 0 unspecified atom stereocenters. The van der Waals surface area contributed by atoms with Crippen molar-refractivity contribution in [1.82, 2.24) is 0 Å². The summed E-state index contributed by atoms with van der Waals surface area (Å²) < 4.78 is 0. The molecule has 0 aliphatic rings. The monoisotopic (exact) mass is 469 g/mol. The highest BCUT2D eigenvalue weighted by Crippen LogP contribution is 2.17. The smallest absolute Gasteiger partial charge is 0.193 e. The van der Waals surface area contributed by atoms with Crippen LogP contribution < -0.4 is 10.7 Å². The first-order valence-electron chi connectivity index (χ1n) is 10.5. The summed E-state index contributed by atoms with van der Waals surface area (Å²) in [4.78, 5) is 30.4. The number of hydrogen-bond donors (Lipinski definition) is 4. The zero-order chi connectivity index (χ0) is 25.2. The summed E-state index contributed by atoms with van der Waals surface area (Å²) in [6, 6.07) is 18.9. The van der Waals surface area contributed by atoms with Crippen molar-refractivity contribution in [3.05, 3.63) is 119 Å². The van der Waals surface area contributed by atoms with E-state index in [-0.39, 0.29) is 11.5 Å². The summed E-state index contributed by atoms with van der Waals surface area (Å²) in [6.07, 6.45) is 8.08. The number of ketones is 2. The van der Waals surface area contributed by atoms with Gasteiger partial charge >= 0.3 is 0 Å². The van der Waals surface area contributed by atoms with Crippen LogP contribution in [0.5, 0.6) is 17.2 Å². The minimum absolute atomic E-state index is 0.0810. The van der Waals surface area contributed by atoms with Gasteiger partial charge < -0.3 is 20.2 Å². The Balaban J connectivity index is 1.91. The predicted molar refractivity (Wildman–Crippen MR) is 134 cm³/mol. The Labute approximate surface area is 202 Å². The summed E-state index contributed by atoms with van der Waals surface area (Å²) in [5, 5.41) is 29.5. The van der Waals surface area contributed by atoms with E-state index in [1.54, 1.807) is 48.5 Å². The molecule has 0 heterocycles. The topological polar surface area (TPSA) is 130 Å². The number of carbonyl (C=O) groups is 2. The van der Waals surface area contributed by atoms with Crippen LogP contribution >= 0.6 is 0 Å². The van der Waals surface area contributed by atoms with Crippen molar-refractivity contribution in [3.63, 3.8) is 0 Å². The van der Waals surface area contributed by atoms with Crippen molar-refractivity contribution in [2.45, 2.75) is 0 Å². The summed E-state index contributed by atoms with van der Waals surface area (Å²) in [5.74, 6) is 3.81. The molecular formula is C28H23NO6. The lowest BCUT2D eigenvalue weighted by molar-refractivity contribution is -0.117. The largest absolute Gasteiger partial charge is 0.508 e. The lowest BCUT2D eigenvalue weighted by Crippen LogP contribution is -2.11. The predicted octanol–water partition coefficient (Wildman–Crippen LogP) is 4.74. The average Bonchev–Trinajstić information content (AvgIpc) is 2.87. The van der Waals surface area contributed by atoms with Crippen molar-refractivity contribution < 1.29 is 29.7 Å². The van der Waals surface area contributed by atoms with Gasteiger partial charge in [0, 0.05) is 0 Å². The molecule has 0 aliphatic heterocycles. The molecule has 0 aromatic heterocycles. The fourth-order valence-electron chi connectivity index (χ4n) is 2.97. The Hall–Kier alpha value is -4.88. The van der Waals surface area contributed by atoms with Gasteiger partial charge in [-0.3, -0.25) is 9.59 Å². The van der Waals surface area contributed by atoms with Crippen LogP contribution in [-0.2, 0) is 9.59 Å². The zero-order valence-electron chi connectivity index (χ0n) is 18.5. The fourth-order valence-corrected chi connectivity index (χ4v) is 2.97. The Kier molecular flexibility index (Phi) is 8.37. The number of carbonyl (C=O) groups excluding carboxylic acids is 2. The third-order valence-corrected chi connectivity index (χ3v) is 4.84. The second-order valence-electron chi connectivity index (χ2n) is 7.36. The van der Waals surface area contributed by atoms with Crippen LogP contribution in [-0.4, -0.2) is 26.9 Å². The van der Waals surface area contributed by atoms with Crippen LogP contribution in [0.1, 0.15) is 16.7 Å². The molecule has 3 aromatic rings. The number of phenolic OH excluding ortho intramolecular Hbond substituents is 2. The Morgan fingerprint density at radius 1 is 0.629 bits per heavy atom. The van der Waals surface area contributed by atoms with Gasteiger partial charge in [0.05, 0.1) is 0 Å². The molecule has 0 fully saturated rings. The lowest BCUT2D eigenvalue weighted by atomic mass is 10.0. The highest BCUT2D eigenvalue weighted by atomic mass is 16.6. The number of aliphatic hydroxyl groups is 1. The van der Waals surface area contributed by atoms with Crippen molar-refractivity contribution in [2.24, 2.45) is 5.90 Å². The molecule has 7 nitrogen and oxygen atoms in total. The van der Waals surface area contributed by atoms with E-state index < -0.39 is 22.9 Å². The molecular weight excluding hydrogens is 446 g/mol. The molecule has 3 rings (SSSR count). The first-order chi connectivity index (χ1) is 16.9. The van der Waals surface area contributed by atoms with Gasteiger partial charge in [-0.1, -0.05) is 54.6 Å². The SMILES string of the molecule is NOc1ccc(/C=C/C(O)=C(C(=O)/C=C/c2ccc(O)cc2)C(=O)/C=C/c2ccc(O)cc2)cc1. The van der Waals surface area contributed by atoms with E-state index in [4.69, 9.17) is 5.90 Å². The van der Waals surface area contributed by atoms with Crippen LogP contribution in [0.25, 0.3) is 18.2 Å². The van der Waals surface area contributed by atoms with Crippen LogP contribution in [0.15, 0.2) is 102 Å². The van der Waals surface area contributed by atoms with Crippen LogP contribution in [0, 0.1) is 0 Å². The van der Waals surface area contributed by atoms with Crippen LogP contribution in [0.2, 0.25) is 0 Å². The normalized spacial score (nSPS) is 11.2. The first kappa shape index (κ1) is 24.8. The fraction of sp³-hybridized carbons (Fsp3) is 0. The second kappa shape index (κ2) is 11.8. The number of aliphatic hydroxyl groups excluding tert-OH is 1. The van der Waals surface area contributed by atoms with Crippen LogP contribution in [0.4, 0.5) is 0 Å². The number of hydrogen-bond acceptors (Lipinski definition) is 7. The molecule has 0 saturated heterocycles. The maximum absolute atomic E-state index is 12.9. The summed E-state index contributed by atoms with van der Waals surface area (Å²) >= 11 is 0. The molecule has 0 bridgehead atoms. The number of aromatic hydroxyl groups is 2. The van der Waals surface area contributed by atoms with Gasteiger partial charge in [-0.2, -0.15) is 5.90 Å². The molecule has 0 aliphatic carbocycles. The van der Waals surface area contributed by atoms with E-state index in [1.165, 1.54) is 60.7 Å². The molecule has 3 aromatic carbocycles. The van der Waals surface area contributed by atoms with E-state index in [0.717, 1.165) is 0 Å². The maximum atomic E-state index is 12.9. The van der Waals surface area contributed by atoms with Crippen molar-refractivity contribution in [1.29, 1.82) is 0 Å². The quantitative estimate of drug-likeness (QED) is 0.0889. The minimum Gasteiger partial charge on any atom is -0.508 e. The number of nitrogens with two attached hydrogens (primary N) is 1. The van der Waals surface area contributed by atoms with Gasteiger partial charge in [0.25, 0.3) is 0 Å². The van der Waals surface area contributed by atoms with E-state index in [1.807, 2.05) is 0 Å². The van der Waals surface area contributed by atoms with Gasteiger partial charge in [0.15, 0.2) is 11.6 Å².